The van der Waals surface area contributed by atoms with E-state index in [1.165, 1.54) is 48.5 Å². The van der Waals surface area contributed by atoms with Crippen molar-refractivity contribution in [3.05, 3.63) is 86.6 Å². The monoisotopic (exact) mass is 552 g/mol. The number of nitrogens with zero attached hydrogens (tertiary/aromatic N) is 1. The second kappa shape index (κ2) is 8.77. The Morgan fingerprint density at radius 3 is 2.45 bits per heavy atom. The van der Waals surface area contributed by atoms with Gasteiger partial charge in [0.25, 0.3) is 15.9 Å². The van der Waals surface area contributed by atoms with Crippen LogP contribution < -0.4 is 9.62 Å². The number of fused-ring (bicyclic) bond motifs is 1. The summed E-state index contributed by atoms with van der Waals surface area (Å²) in [5.41, 5.74) is 1.00. The van der Waals surface area contributed by atoms with Crippen LogP contribution in [0.2, 0.25) is 5.02 Å². The van der Waals surface area contributed by atoms with Gasteiger partial charge in [-0.25, -0.2) is 17.6 Å². The number of sulfonamides is 1. The highest BCUT2D eigenvalue weighted by Gasteiger charge is 2.32. The molecule has 7 nitrogen and oxygen atoms in total. The van der Waals surface area contributed by atoms with Crippen molar-refractivity contribution in [1.29, 1.82) is 0 Å². The minimum absolute atomic E-state index is 0.0535. The van der Waals surface area contributed by atoms with Gasteiger partial charge in [0.1, 0.15) is 5.82 Å². The van der Waals surface area contributed by atoms with Crippen molar-refractivity contribution in [2.24, 2.45) is 0 Å². The minimum atomic E-state index is -3.97. The minimum Gasteiger partial charge on any atom is -0.478 e. The summed E-state index contributed by atoms with van der Waals surface area (Å²) in [6.45, 7) is 0.140. The van der Waals surface area contributed by atoms with Crippen LogP contribution in [0.4, 0.5) is 15.8 Å². The summed E-state index contributed by atoms with van der Waals surface area (Å²) in [5, 5.41) is 11.7. The second-order valence-corrected chi connectivity index (χ2v) is 10.4. The summed E-state index contributed by atoms with van der Waals surface area (Å²) in [5.74, 6) is -2.42. The predicted octanol–water partition coefficient (Wildman–Crippen LogP) is 4.94. The molecule has 1 aliphatic heterocycles. The Balaban J connectivity index is 1.58. The molecule has 0 unspecified atom stereocenters. The standard InChI is InChI=1S/C22H15BrClFN2O5S/c23-14-3-6-19(16(10-14)22(29)30)26-21(28)12-1-4-15(5-2-12)33(31,32)27-8-7-13-9-18(25)17(24)11-20(13)27/h1-6,9-11H,7-8H2,(H,26,28)(H,29,30). The van der Waals surface area contributed by atoms with Gasteiger partial charge in [0.15, 0.2) is 0 Å². The van der Waals surface area contributed by atoms with Crippen LogP contribution in [0.1, 0.15) is 26.3 Å². The molecule has 0 bridgehead atoms. The summed E-state index contributed by atoms with van der Waals surface area (Å²) in [4.78, 5) is 24.0. The van der Waals surface area contributed by atoms with Gasteiger partial charge in [-0.15, -0.1) is 0 Å². The molecule has 3 aromatic rings. The number of hydrogen-bond acceptors (Lipinski definition) is 4. The van der Waals surface area contributed by atoms with Gasteiger partial charge < -0.3 is 10.4 Å². The first-order valence-corrected chi connectivity index (χ1v) is 12.1. The van der Waals surface area contributed by atoms with Gasteiger partial charge in [-0.1, -0.05) is 27.5 Å². The zero-order chi connectivity index (χ0) is 23.9. The molecule has 0 aromatic heterocycles. The van der Waals surface area contributed by atoms with Crippen LogP contribution in [0.25, 0.3) is 0 Å². The largest absolute Gasteiger partial charge is 0.478 e. The molecule has 0 aliphatic carbocycles. The molecule has 0 fully saturated rings. The molecule has 0 saturated carbocycles. The third-order valence-corrected chi connectivity index (χ3v) is 7.75. The maximum Gasteiger partial charge on any atom is 0.337 e. The van der Waals surface area contributed by atoms with Gasteiger partial charge in [-0.2, -0.15) is 0 Å². The molecular formula is C22H15BrClFN2O5S. The molecule has 11 heteroatoms. The van der Waals surface area contributed by atoms with E-state index >= 15 is 0 Å². The lowest BCUT2D eigenvalue weighted by Crippen LogP contribution is -2.29. The number of carboxylic acids is 1. The smallest absolute Gasteiger partial charge is 0.337 e. The predicted molar refractivity (Wildman–Crippen MR) is 125 cm³/mol. The van der Waals surface area contributed by atoms with Crippen LogP contribution in [-0.4, -0.2) is 31.9 Å². The molecule has 1 heterocycles. The number of hydrogen-bond donors (Lipinski definition) is 2. The average Bonchev–Trinajstić information content (AvgIpc) is 3.18. The highest BCUT2D eigenvalue weighted by molar-refractivity contribution is 9.10. The zero-order valence-corrected chi connectivity index (χ0v) is 19.8. The molecule has 2 N–H and O–H groups in total. The van der Waals surface area contributed by atoms with E-state index in [0.29, 0.717) is 22.1 Å². The van der Waals surface area contributed by atoms with Gasteiger partial charge in [0.05, 0.1) is 26.9 Å². The van der Waals surface area contributed by atoms with Crippen LogP contribution in [0, 0.1) is 5.82 Å². The van der Waals surface area contributed by atoms with Crippen LogP contribution >= 0.6 is 27.5 Å². The van der Waals surface area contributed by atoms with E-state index in [1.807, 2.05) is 0 Å². The number of carboxylic acid groups (broad SMARTS) is 1. The SMILES string of the molecule is O=C(Nc1ccc(Br)cc1C(=O)O)c1ccc(S(=O)(=O)N2CCc3cc(F)c(Cl)cc32)cc1. The Kier molecular flexibility index (Phi) is 6.17. The van der Waals surface area contributed by atoms with E-state index in [0.717, 1.165) is 4.31 Å². The number of amides is 1. The number of carbonyl (C=O) groups excluding carboxylic acids is 1. The lowest BCUT2D eigenvalue weighted by Gasteiger charge is -2.20. The van der Waals surface area contributed by atoms with E-state index in [4.69, 9.17) is 11.6 Å². The fourth-order valence-corrected chi connectivity index (χ4v) is 5.52. The lowest BCUT2D eigenvalue weighted by atomic mass is 10.1. The number of nitrogens with one attached hydrogen (secondary N) is 1. The Labute approximate surface area is 202 Å². The number of halogens is 3. The van der Waals surface area contributed by atoms with Crippen LogP contribution in [0.15, 0.2) is 64.0 Å². The molecule has 4 rings (SSSR count). The van der Waals surface area contributed by atoms with Gasteiger partial charge >= 0.3 is 5.97 Å². The van der Waals surface area contributed by atoms with Crippen molar-refractivity contribution in [3.63, 3.8) is 0 Å². The third kappa shape index (κ3) is 4.46. The van der Waals surface area contributed by atoms with Crippen molar-refractivity contribution in [2.45, 2.75) is 11.3 Å². The first-order valence-electron chi connectivity index (χ1n) is 9.53. The first-order chi connectivity index (χ1) is 15.6. The molecule has 0 radical (unpaired) electrons. The summed E-state index contributed by atoms with van der Waals surface area (Å²) in [7, 11) is -3.97. The molecule has 0 saturated heterocycles. The van der Waals surface area contributed by atoms with Crippen molar-refractivity contribution < 1.29 is 27.5 Å². The molecule has 3 aromatic carbocycles. The quantitative estimate of drug-likeness (QED) is 0.466. The van der Waals surface area contributed by atoms with Crippen molar-refractivity contribution in [3.8, 4) is 0 Å². The highest BCUT2D eigenvalue weighted by atomic mass is 79.9. The van der Waals surface area contributed by atoms with Crippen LogP contribution in [0.3, 0.4) is 0 Å². The number of aromatic carboxylic acids is 1. The zero-order valence-electron chi connectivity index (χ0n) is 16.7. The van der Waals surface area contributed by atoms with E-state index in [9.17, 15) is 27.5 Å². The average molecular weight is 554 g/mol. The fraction of sp³-hybridized carbons (Fsp3) is 0.0909. The number of rotatable bonds is 5. The van der Waals surface area contributed by atoms with E-state index in [1.54, 1.807) is 6.07 Å². The number of benzene rings is 3. The fourth-order valence-electron chi connectivity index (χ4n) is 3.50. The van der Waals surface area contributed by atoms with E-state index < -0.39 is 27.7 Å². The molecule has 170 valence electrons. The van der Waals surface area contributed by atoms with Gasteiger partial charge in [-0.05, 0) is 66.6 Å². The summed E-state index contributed by atoms with van der Waals surface area (Å²) >= 11 is 9.02. The van der Waals surface area contributed by atoms with Gasteiger partial charge in [0, 0.05) is 16.6 Å². The highest BCUT2D eigenvalue weighted by Crippen LogP contribution is 2.36. The Morgan fingerprint density at radius 2 is 1.79 bits per heavy atom. The molecule has 33 heavy (non-hydrogen) atoms. The van der Waals surface area contributed by atoms with E-state index in [2.05, 4.69) is 21.2 Å². The number of carbonyl (C=O) groups is 2. The number of anilines is 2. The van der Waals surface area contributed by atoms with Gasteiger partial charge in [-0.3, -0.25) is 9.10 Å². The summed E-state index contributed by atoms with van der Waals surface area (Å²) in [6.07, 6.45) is 0.349. The molecule has 0 atom stereocenters. The van der Waals surface area contributed by atoms with Crippen molar-refractivity contribution in [1.82, 2.24) is 0 Å². The molecule has 1 amide bonds. The van der Waals surface area contributed by atoms with Crippen molar-refractivity contribution >= 4 is 60.8 Å². The maximum absolute atomic E-state index is 13.7. The molecule has 0 spiro atoms. The summed E-state index contributed by atoms with van der Waals surface area (Å²) in [6, 6.07) is 12.1. The molecule has 1 aliphatic rings. The molecular weight excluding hydrogens is 539 g/mol. The summed E-state index contributed by atoms with van der Waals surface area (Å²) < 4.78 is 41.7. The van der Waals surface area contributed by atoms with E-state index in [-0.39, 0.29) is 33.3 Å². The Hall–Kier alpha value is -2.95. The van der Waals surface area contributed by atoms with Crippen molar-refractivity contribution in [2.75, 3.05) is 16.2 Å². The first kappa shape index (κ1) is 23.2. The maximum atomic E-state index is 13.7. The Bertz CT molecular complexity index is 1400. The second-order valence-electron chi connectivity index (χ2n) is 7.20. The van der Waals surface area contributed by atoms with Crippen LogP contribution in [-0.2, 0) is 16.4 Å². The Morgan fingerprint density at radius 1 is 1.09 bits per heavy atom. The van der Waals surface area contributed by atoms with Crippen LogP contribution in [0.5, 0.6) is 0 Å². The topological polar surface area (TPSA) is 104 Å². The lowest BCUT2D eigenvalue weighted by molar-refractivity contribution is 0.0698. The van der Waals surface area contributed by atoms with Gasteiger partial charge in [0.2, 0.25) is 0 Å². The normalized spacial score (nSPS) is 13.0. The third-order valence-electron chi connectivity index (χ3n) is 5.14.